The van der Waals surface area contributed by atoms with Gasteiger partial charge in [0.05, 0.1) is 0 Å². The van der Waals surface area contributed by atoms with E-state index in [0.717, 1.165) is 0 Å². The average molecular weight is 243 g/mol. The topological polar surface area (TPSA) is 116 Å². The Bertz CT molecular complexity index is 485. The summed E-state index contributed by atoms with van der Waals surface area (Å²) >= 11 is 0. The van der Waals surface area contributed by atoms with Gasteiger partial charge in [0.2, 0.25) is 15.9 Å². The second kappa shape index (κ2) is 5.04. The van der Waals surface area contributed by atoms with Crippen molar-refractivity contribution in [1.29, 1.82) is 0 Å². The number of hydrogen-bond donors (Lipinski definition) is 2. The molecule has 88 valence electrons. The van der Waals surface area contributed by atoms with Crippen LogP contribution in [0.15, 0.2) is 23.4 Å². The van der Waals surface area contributed by atoms with Crippen LogP contribution in [0.5, 0.6) is 0 Å². The van der Waals surface area contributed by atoms with Gasteiger partial charge in [-0.2, -0.15) is 0 Å². The quantitative estimate of drug-likeness (QED) is 0.727. The summed E-state index contributed by atoms with van der Waals surface area (Å²) in [6.45, 7) is 0. The van der Waals surface area contributed by atoms with Gasteiger partial charge in [-0.05, 0) is 24.5 Å². The number of nitrogens with two attached hydrogens (primary N) is 2. The Hall–Kier alpha value is -1.47. The SMILES string of the molecule is NC(=O)CCCc1cncc(S(N)(=O)=O)c1. The van der Waals surface area contributed by atoms with E-state index in [1.54, 1.807) is 0 Å². The highest BCUT2D eigenvalue weighted by Crippen LogP contribution is 2.10. The van der Waals surface area contributed by atoms with Gasteiger partial charge in [-0.3, -0.25) is 9.78 Å². The number of aromatic nitrogens is 1. The van der Waals surface area contributed by atoms with Gasteiger partial charge in [0.15, 0.2) is 0 Å². The van der Waals surface area contributed by atoms with Crippen LogP contribution in [0.4, 0.5) is 0 Å². The highest BCUT2D eigenvalue weighted by atomic mass is 32.2. The van der Waals surface area contributed by atoms with Gasteiger partial charge >= 0.3 is 0 Å². The van der Waals surface area contributed by atoms with Gasteiger partial charge in [0, 0.05) is 18.8 Å². The lowest BCUT2D eigenvalue weighted by Crippen LogP contribution is -2.13. The lowest BCUT2D eigenvalue weighted by Gasteiger charge is -2.02. The molecular weight excluding hydrogens is 230 g/mol. The normalized spacial score (nSPS) is 11.3. The number of aryl methyl sites for hydroxylation is 1. The predicted molar refractivity (Wildman–Crippen MR) is 57.7 cm³/mol. The lowest BCUT2D eigenvalue weighted by atomic mass is 10.1. The molecule has 0 atom stereocenters. The molecule has 0 aromatic carbocycles. The number of sulfonamides is 1. The summed E-state index contributed by atoms with van der Waals surface area (Å²) in [6, 6.07) is 1.45. The van der Waals surface area contributed by atoms with E-state index < -0.39 is 10.0 Å². The van der Waals surface area contributed by atoms with Crippen LogP contribution in [0, 0.1) is 0 Å². The molecule has 1 heterocycles. The van der Waals surface area contributed by atoms with Crippen LogP contribution in [0.3, 0.4) is 0 Å². The van der Waals surface area contributed by atoms with Gasteiger partial charge in [-0.1, -0.05) is 0 Å². The molecule has 6 nitrogen and oxygen atoms in total. The van der Waals surface area contributed by atoms with Gasteiger partial charge in [0.1, 0.15) is 4.90 Å². The van der Waals surface area contributed by atoms with Crippen molar-refractivity contribution in [2.75, 3.05) is 0 Å². The van der Waals surface area contributed by atoms with Crippen molar-refractivity contribution in [3.05, 3.63) is 24.0 Å². The Balaban J connectivity index is 2.72. The van der Waals surface area contributed by atoms with Crippen LogP contribution in [0.1, 0.15) is 18.4 Å². The molecule has 0 fully saturated rings. The second-order valence-electron chi connectivity index (χ2n) is 3.39. The number of carbonyl (C=O) groups excluding carboxylic acids is 1. The summed E-state index contributed by atoms with van der Waals surface area (Å²) in [4.78, 5) is 14.3. The maximum Gasteiger partial charge on any atom is 0.239 e. The van der Waals surface area contributed by atoms with E-state index in [4.69, 9.17) is 10.9 Å². The fourth-order valence-electron chi connectivity index (χ4n) is 1.22. The first-order valence-electron chi connectivity index (χ1n) is 4.64. The number of primary amides is 1. The third-order valence-electron chi connectivity index (χ3n) is 1.99. The molecule has 0 aliphatic heterocycles. The maximum atomic E-state index is 11.0. The Morgan fingerprint density at radius 1 is 1.38 bits per heavy atom. The molecule has 4 N–H and O–H groups in total. The molecule has 16 heavy (non-hydrogen) atoms. The standard InChI is InChI=1S/C9H13N3O3S/c10-9(13)3-1-2-7-4-8(6-12-5-7)16(11,14)15/h4-6H,1-3H2,(H2,10,13)(H2,11,14,15). The largest absolute Gasteiger partial charge is 0.370 e. The minimum Gasteiger partial charge on any atom is -0.370 e. The maximum absolute atomic E-state index is 11.0. The number of primary sulfonamides is 1. The average Bonchev–Trinajstić information content (AvgIpc) is 2.16. The molecule has 0 aliphatic rings. The molecule has 1 amide bonds. The molecule has 1 rings (SSSR count). The molecule has 0 unspecified atom stereocenters. The van der Waals surface area contributed by atoms with Crippen LogP contribution in [0.2, 0.25) is 0 Å². The zero-order chi connectivity index (χ0) is 12.2. The molecule has 0 saturated carbocycles. The van der Waals surface area contributed by atoms with E-state index in [2.05, 4.69) is 4.98 Å². The van der Waals surface area contributed by atoms with Crippen molar-refractivity contribution >= 4 is 15.9 Å². The molecule has 0 spiro atoms. The Morgan fingerprint density at radius 2 is 2.06 bits per heavy atom. The zero-order valence-electron chi connectivity index (χ0n) is 8.59. The third-order valence-corrected chi connectivity index (χ3v) is 2.87. The Labute approximate surface area is 93.7 Å². The van der Waals surface area contributed by atoms with Crippen molar-refractivity contribution in [1.82, 2.24) is 4.98 Å². The molecular formula is C9H13N3O3S. The molecule has 7 heteroatoms. The van der Waals surface area contributed by atoms with Crippen LogP contribution >= 0.6 is 0 Å². The number of rotatable bonds is 5. The first-order chi connectivity index (χ1) is 7.39. The van der Waals surface area contributed by atoms with Crippen LogP contribution in [0.25, 0.3) is 0 Å². The Morgan fingerprint density at radius 3 is 2.62 bits per heavy atom. The van der Waals surface area contributed by atoms with Gasteiger partial charge < -0.3 is 5.73 Å². The summed E-state index contributed by atoms with van der Waals surface area (Å²) < 4.78 is 22.1. The summed E-state index contributed by atoms with van der Waals surface area (Å²) in [5, 5.41) is 4.96. The molecule has 1 aromatic rings. The molecule has 0 saturated heterocycles. The fraction of sp³-hybridized carbons (Fsp3) is 0.333. The molecule has 1 aromatic heterocycles. The van der Waals surface area contributed by atoms with Crippen LogP contribution in [-0.2, 0) is 21.2 Å². The van der Waals surface area contributed by atoms with Gasteiger partial charge in [-0.15, -0.1) is 0 Å². The first kappa shape index (κ1) is 12.6. The number of amides is 1. The van der Waals surface area contributed by atoms with E-state index >= 15 is 0 Å². The number of nitrogens with zero attached hydrogens (tertiary/aromatic N) is 1. The summed E-state index contributed by atoms with van der Waals surface area (Å²) in [5.74, 6) is -0.379. The fourth-order valence-corrected chi connectivity index (χ4v) is 1.75. The zero-order valence-corrected chi connectivity index (χ0v) is 9.40. The van der Waals surface area contributed by atoms with Crippen LogP contribution < -0.4 is 10.9 Å². The van der Waals surface area contributed by atoms with E-state index in [-0.39, 0.29) is 17.2 Å². The second-order valence-corrected chi connectivity index (χ2v) is 4.96. The highest BCUT2D eigenvalue weighted by molar-refractivity contribution is 7.89. The summed E-state index contributed by atoms with van der Waals surface area (Å²) in [6.07, 6.45) is 4.09. The number of hydrogen-bond acceptors (Lipinski definition) is 4. The lowest BCUT2D eigenvalue weighted by molar-refractivity contribution is -0.118. The van der Waals surface area contributed by atoms with Crippen LogP contribution in [-0.4, -0.2) is 19.3 Å². The number of pyridine rings is 1. The third kappa shape index (κ3) is 3.95. The highest BCUT2D eigenvalue weighted by Gasteiger charge is 2.08. The van der Waals surface area contributed by atoms with Crippen molar-refractivity contribution < 1.29 is 13.2 Å². The summed E-state index contributed by atoms with van der Waals surface area (Å²) in [5.41, 5.74) is 5.70. The van der Waals surface area contributed by atoms with Crippen molar-refractivity contribution in [2.24, 2.45) is 10.9 Å². The smallest absolute Gasteiger partial charge is 0.239 e. The van der Waals surface area contributed by atoms with E-state index in [1.807, 2.05) is 0 Å². The molecule has 0 radical (unpaired) electrons. The van der Waals surface area contributed by atoms with Gasteiger partial charge in [-0.25, -0.2) is 13.6 Å². The minimum atomic E-state index is -3.72. The summed E-state index contributed by atoms with van der Waals surface area (Å²) in [7, 11) is -3.72. The Kier molecular flexibility index (Phi) is 3.97. The number of carbonyl (C=O) groups is 1. The van der Waals surface area contributed by atoms with E-state index in [0.29, 0.717) is 18.4 Å². The predicted octanol–water partition coefficient (Wildman–Crippen LogP) is -0.463. The minimum absolute atomic E-state index is 0.0240. The van der Waals surface area contributed by atoms with E-state index in [1.165, 1.54) is 18.5 Å². The van der Waals surface area contributed by atoms with Crippen molar-refractivity contribution in [3.8, 4) is 0 Å². The van der Waals surface area contributed by atoms with E-state index in [9.17, 15) is 13.2 Å². The molecule has 0 bridgehead atoms. The monoisotopic (exact) mass is 243 g/mol. The first-order valence-corrected chi connectivity index (χ1v) is 6.19. The molecule has 0 aliphatic carbocycles. The van der Waals surface area contributed by atoms with Crippen molar-refractivity contribution in [2.45, 2.75) is 24.2 Å². The van der Waals surface area contributed by atoms with Gasteiger partial charge in [0.25, 0.3) is 0 Å². The van der Waals surface area contributed by atoms with Crippen molar-refractivity contribution in [3.63, 3.8) is 0 Å².